The summed E-state index contributed by atoms with van der Waals surface area (Å²) in [5.74, 6) is 1.39. The van der Waals surface area contributed by atoms with Gasteiger partial charge in [0, 0.05) is 11.3 Å². The molecule has 138 valence electrons. The molecule has 1 N–H and O–H groups in total. The van der Waals surface area contributed by atoms with Crippen LogP contribution in [0.15, 0.2) is 35.8 Å². The SMILES string of the molecule is COc1ccc(OC)c([C@H]2C(C(=O)OC(C)C)=C(C)Nc3ncnn32)c1. The summed E-state index contributed by atoms with van der Waals surface area (Å²) in [6.07, 6.45) is 1.19. The summed E-state index contributed by atoms with van der Waals surface area (Å²) in [6.45, 7) is 5.44. The number of nitrogens with one attached hydrogen (secondary N) is 1. The van der Waals surface area contributed by atoms with E-state index in [-0.39, 0.29) is 6.10 Å². The predicted octanol–water partition coefficient (Wildman–Crippen LogP) is 2.54. The molecular formula is C18H22N4O4. The van der Waals surface area contributed by atoms with Crippen LogP contribution in [0, 0.1) is 0 Å². The van der Waals surface area contributed by atoms with Crippen molar-refractivity contribution >= 4 is 11.9 Å². The van der Waals surface area contributed by atoms with Crippen molar-refractivity contribution in [2.75, 3.05) is 19.5 Å². The van der Waals surface area contributed by atoms with Gasteiger partial charge in [0.05, 0.1) is 25.9 Å². The van der Waals surface area contributed by atoms with E-state index in [0.717, 1.165) is 5.56 Å². The number of fused-ring (bicyclic) bond motifs is 1. The van der Waals surface area contributed by atoms with Crippen molar-refractivity contribution in [3.63, 3.8) is 0 Å². The van der Waals surface area contributed by atoms with E-state index < -0.39 is 12.0 Å². The number of hydrogen-bond donors (Lipinski definition) is 1. The summed E-state index contributed by atoms with van der Waals surface area (Å²) in [5.41, 5.74) is 1.84. The number of ether oxygens (including phenoxy) is 3. The first-order valence-electron chi connectivity index (χ1n) is 8.26. The van der Waals surface area contributed by atoms with Gasteiger partial charge in [-0.3, -0.25) is 0 Å². The van der Waals surface area contributed by atoms with E-state index in [4.69, 9.17) is 14.2 Å². The second-order valence-corrected chi connectivity index (χ2v) is 6.16. The molecule has 8 heteroatoms. The van der Waals surface area contributed by atoms with Crippen molar-refractivity contribution in [1.82, 2.24) is 14.8 Å². The topological polar surface area (TPSA) is 87.5 Å². The maximum absolute atomic E-state index is 12.8. The van der Waals surface area contributed by atoms with Crippen LogP contribution in [-0.4, -0.2) is 41.1 Å². The van der Waals surface area contributed by atoms with E-state index in [1.165, 1.54) is 6.33 Å². The van der Waals surface area contributed by atoms with Crippen molar-refractivity contribution in [2.24, 2.45) is 0 Å². The van der Waals surface area contributed by atoms with Crippen molar-refractivity contribution in [3.8, 4) is 11.5 Å². The van der Waals surface area contributed by atoms with Gasteiger partial charge in [-0.1, -0.05) is 0 Å². The van der Waals surface area contributed by atoms with Crippen molar-refractivity contribution in [2.45, 2.75) is 32.9 Å². The second kappa shape index (κ2) is 7.07. The van der Waals surface area contributed by atoms with E-state index in [2.05, 4.69) is 15.4 Å². The number of anilines is 1. The minimum absolute atomic E-state index is 0.243. The molecule has 1 aromatic carbocycles. The monoisotopic (exact) mass is 358 g/mol. The third kappa shape index (κ3) is 3.10. The molecule has 1 aromatic heterocycles. The Kier molecular flexibility index (Phi) is 4.83. The molecule has 1 aliphatic heterocycles. The van der Waals surface area contributed by atoms with Crippen LogP contribution < -0.4 is 14.8 Å². The zero-order chi connectivity index (χ0) is 18.8. The Labute approximate surface area is 151 Å². The lowest BCUT2D eigenvalue weighted by molar-refractivity contribution is -0.143. The number of carbonyl (C=O) groups is 1. The minimum atomic E-state index is -0.551. The standard InChI is InChI=1S/C18H22N4O4/c1-10(2)26-17(23)15-11(3)21-18-19-9-20-22(18)16(15)13-8-12(24-4)6-7-14(13)25-5/h6-10,16H,1-5H3,(H,19,20,21)/t16-/m0/s1. The van der Waals surface area contributed by atoms with Gasteiger partial charge in [0.25, 0.3) is 0 Å². The second-order valence-electron chi connectivity index (χ2n) is 6.16. The highest BCUT2D eigenvalue weighted by molar-refractivity contribution is 5.92. The average Bonchev–Trinajstić information content (AvgIpc) is 3.07. The third-order valence-corrected chi connectivity index (χ3v) is 4.09. The van der Waals surface area contributed by atoms with Gasteiger partial charge in [-0.05, 0) is 39.0 Å². The fraction of sp³-hybridized carbons (Fsp3) is 0.389. The number of nitrogens with zero attached hydrogens (tertiary/aromatic N) is 3. The van der Waals surface area contributed by atoms with E-state index >= 15 is 0 Å². The van der Waals surface area contributed by atoms with Crippen LogP contribution in [0.25, 0.3) is 0 Å². The van der Waals surface area contributed by atoms with Gasteiger partial charge >= 0.3 is 5.97 Å². The number of rotatable bonds is 5. The van der Waals surface area contributed by atoms with Crippen LogP contribution in [0.4, 0.5) is 5.95 Å². The average molecular weight is 358 g/mol. The van der Waals surface area contributed by atoms with Gasteiger partial charge in [0.1, 0.15) is 23.9 Å². The number of esters is 1. The van der Waals surface area contributed by atoms with Gasteiger partial charge in [0.15, 0.2) is 0 Å². The molecule has 0 spiro atoms. The number of hydrogen-bond acceptors (Lipinski definition) is 7. The van der Waals surface area contributed by atoms with Crippen LogP contribution >= 0.6 is 0 Å². The Morgan fingerprint density at radius 3 is 2.69 bits per heavy atom. The van der Waals surface area contributed by atoms with Gasteiger partial charge in [-0.15, -0.1) is 0 Å². The Balaban J connectivity index is 2.20. The molecule has 0 bridgehead atoms. The van der Waals surface area contributed by atoms with Crippen LogP contribution in [0.3, 0.4) is 0 Å². The van der Waals surface area contributed by atoms with Gasteiger partial charge in [-0.25, -0.2) is 9.48 Å². The molecule has 0 unspecified atom stereocenters. The maximum Gasteiger partial charge on any atom is 0.338 e. The third-order valence-electron chi connectivity index (χ3n) is 4.09. The Morgan fingerprint density at radius 1 is 1.27 bits per heavy atom. The molecule has 2 aromatic rings. The molecule has 0 aliphatic carbocycles. The smallest absolute Gasteiger partial charge is 0.338 e. The van der Waals surface area contributed by atoms with E-state index in [0.29, 0.717) is 28.7 Å². The molecule has 1 aliphatic rings. The summed E-state index contributed by atoms with van der Waals surface area (Å²) < 4.78 is 18.0. The lowest BCUT2D eigenvalue weighted by Gasteiger charge is -2.29. The highest BCUT2D eigenvalue weighted by atomic mass is 16.5. The highest BCUT2D eigenvalue weighted by Gasteiger charge is 2.36. The molecule has 0 saturated carbocycles. The van der Waals surface area contributed by atoms with Crippen LogP contribution in [0.2, 0.25) is 0 Å². The molecule has 0 saturated heterocycles. The number of aromatic nitrogens is 3. The molecule has 2 heterocycles. The normalized spacial score (nSPS) is 16.2. The van der Waals surface area contributed by atoms with Crippen LogP contribution in [0.5, 0.6) is 11.5 Å². The number of benzene rings is 1. The summed E-state index contributed by atoms with van der Waals surface area (Å²) in [4.78, 5) is 17.1. The van der Waals surface area contributed by atoms with Gasteiger partial charge in [0.2, 0.25) is 5.95 Å². The number of carbonyl (C=O) groups excluding carboxylic acids is 1. The first-order chi connectivity index (χ1) is 12.5. The largest absolute Gasteiger partial charge is 0.497 e. The van der Waals surface area contributed by atoms with Gasteiger partial charge < -0.3 is 19.5 Å². The van der Waals surface area contributed by atoms with E-state index in [9.17, 15) is 4.79 Å². The molecule has 1 atom stereocenters. The molecule has 26 heavy (non-hydrogen) atoms. The van der Waals surface area contributed by atoms with E-state index in [1.807, 2.05) is 26.8 Å². The lowest BCUT2D eigenvalue weighted by atomic mass is 9.94. The lowest BCUT2D eigenvalue weighted by Crippen LogP contribution is -2.30. The Morgan fingerprint density at radius 2 is 2.04 bits per heavy atom. The molecular weight excluding hydrogens is 336 g/mol. The molecule has 0 fully saturated rings. The fourth-order valence-electron chi connectivity index (χ4n) is 2.97. The number of allylic oxidation sites excluding steroid dienone is 1. The summed E-state index contributed by atoms with van der Waals surface area (Å²) in [5, 5.41) is 7.40. The van der Waals surface area contributed by atoms with Crippen molar-refractivity contribution in [1.29, 1.82) is 0 Å². The summed E-state index contributed by atoms with van der Waals surface area (Å²) >= 11 is 0. The minimum Gasteiger partial charge on any atom is -0.497 e. The predicted molar refractivity (Wildman–Crippen MR) is 95.3 cm³/mol. The van der Waals surface area contributed by atoms with Crippen LogP contribution in [0.1, 0.15) is 32.4 Å². The zero-order valence-corrected chi connectivity index (χ0v) is 15.4. The molecule has 8 nitrogen and oxygen atoms in total. The quantitative estimate of drug-likeness (QED) is 0.822. The van der Waals surface area contributed by atoms with Gasteiger partial charge in [-0.2, -0.15) is 10.1 Å². The summed E-state index contributed by atoms with van der Waals surface area (Å²) in [6, 6.07) is 4.88. The van der Waals surface area contributed by atoms with Crippen molar-refractivity contribution < 1.29 is 19.0 Å². The first kappa shape index (κ1) is 17.8. The van der Waals surface area contributed by atoms with Crippen molar-refractivity contribution in [3.05, 3.63) is 41.4 Å². The first-order valence-corrected chi connectivity index (χ1v) is 8.26. The zero-order valence-electron chi connectivity index (χ0n) is 15.4. The number of methoxy groups -OCH3 is 2. The Bertz CT molecular complexity index is 857. The molecule has 0 amide bonds. The fourth-order valence-corrected chi connectivity index (χ4v) is 2.97. The summed E-state index contributed by atoms with van der Waals surface area (Å²) in [7, 11) is 3.17. The highest BCUT2D eigenvalue weighted by Crippen LogP contribution is 2.40. The van der Waals surface area contributed by atoms with Crippen LogP contribution in [-0.2, 0) is 9.53 Å². The molecule has 0 radical (unpaired) electrons. The Hall–Kier alpha value is -3.03. The molecule has 3 rings (SSSR count). The maximum atomic E-state index is 12.8. The van der Waals surface area contributed by atoms with E-state index in [1.54, 1.807) is 31.0 Å².